The second kappa shape index (κ2) is 11.0. The zero-order valence-electron chi connectivity index (χ0n) is 19.6. The van der Waals surface area contributed by atoms with E-state index in [-0.39, 0.29) is 33.5 Å². The number of rotatable bonds is 7. The smallest absolute Gasteiger partial charge is 0.261 e. The van der Waals surface area contributed by atoms with E-state index in [0.29, 0.717) is 35.2 Å². The average Bonchev–Trinajstić information content (AvgIpc) is 2.87. The first-order valence-electron chi connectivity index (χ1n) is 11.1. The first kappa shape index (κ1) is 27.4. The van der Waals surface area contributed by atoms with Gasteiger partial charge in [-0.2, -0.15) is 4.31 Å². The van der Waals surface area contributed by atoms with E-state index in [0.717, 1.165) is 0 Å². The molecule has 13 heteroatoms. The van der Waals surface area contributed by atoms with Crippen molar-refractivity contribution in [2.45, 2.75) is 16.7 Å². The molecule has 196 valence electrons. The monoisotopic (exact) mass is 583 g/mol. The van der Waals surface area contributed by atoms with Crippen molar-refractivity contribution in [3.63, 3.8) is 0 Å². The quantitative estimate of drug-likeness (QED) is 0.425. The molecule has 1 fully saturated rings. The van der Waals surface area contributed by atoms with Crippen LogP contribution in [0.3, 0.4) is 0 Å². The normalized spacial score (nSPS) is 14.8. The predicted octanol–water partition coefficient (Wildman–Crippen LogP) is 4.38. The summed E-state index contributed by atoms with van der Waals surface area (Å²) in [5, 5.41) is 3.08. The second-order valence-corrected chi connectivity index (χ2v) is 12.7. The second-order valence-electron chi connectivity index (χ2n) is 8.20. The SMILES string of the molecule is Cc1ccc(Cl)cc1NS(=O)(=O)c1ccc(NC(=O)c2cc(S(=O)(=O)N3CCOCC3)ccc2Cl)cc1. The number of morpholine rings is 1. The molecule has 0 bridgehead atoms. The number of sulfonamides is 2. The van der Waals surface area contributed by atoms with Crippen LogP contribution >= 0.6 is 23.2 Å². The number of hydrogen-bond acceptors (Lipinski definition) is 6. The summed E-state index contributed by atoms with van der Waals surface area (Å²) in [5.41, 5.74) is 1.31. The number of anilines is 2. The van der Waals surface area contributed by atoms with Gasteiger partial charge in [-0.25, -0.2) is 16.8 Å². The molecule has 0 unspecified atom stereocenters. The van der Waals surface area contributed by atoms with Crippen LogP contribution in [0.1, 0.15) is 15.9 Å². The van der Waals surface area contributed by atoms with E-state index in [9.17, 15) is 21.6 Å². The molecule has 0 atom stereocenters. The molecule has 0 radical (unpaired) electrons. The minimum atomic E-state index is -3.91. The van der Waals surface area contributed by atoms with Gasteiger partial charge in [0.15, 0.2) is 0 Å². The molecule has 0 saturated carbocycles. The van der Waals surface area contributed by atoms with Crippen LogP contribution in [0.4, 0.5) is 11.4 Å². The van der Waals surface area contributed by atoms with Crippen LogP contribution in [-0.2, 0) is 24.8 Å². The zero-order valence-corrected chi connectivity index (χ0v) is 22.7. The lowest BCUT2D eigenvalue weighted by molar-refractivity contribution is 0.0730. The lowest BCUT2D eigenvalue weighted by atomic mass is 10.2. The van der Waals surface area contributed by atoms with Crippen molar-refractivity contribution in [2.75, 3.05) is 36.3 Å². The first-order valence-corrected chi connectivity index (χ1v) is 14.7. The van der Waals surface area contributed by atoms with Crippen LogP contribution in [0, 0.1) is 6.92 Å². The first-order chi connectivity index (χ1) is 17.5. The highest BCUT2D eigenvalue weighted by atomic mass is 35.5. The van der Waals surface area contributed by atoms with E-state index in [1.54, 1.807) is 19.1 Å². The van der Waals surface area contributed by atoms with Gasteiger partial charge in [0.25, 0.3) is 15.9 Å². The topological polar surface area (TPSA) is 122 Å². The summed E-state index contributed by atoms with van der Waals surface area (Å²) in [6.45, 7) is 2.76. The van der Waals surface area contributed by atoms with E-state index in [2.05, 4.69) is 10.0 Å². The van der Waals surface area contributed by atoms with Gasteiger partial charge in [0.2, 0.25) is 10.0 Å². The Hall–Kier alpha value is -2.67. The fraction of sp³-hybridized carbons (Fsp3) is 0.208. The third-order valence-electron chi connectivity index (χ3n) is 5.66. The molecule has 0 spiro atoms. The number of ether oxygens (including phenoxy) is 1. The van der Waals surface area contributed by atoms with Crippen molar-refractivity contribution in [3.8, 4) is 0 Å². The molecule has 37 heavy (non-hydrogen) atoms. The van der Waals surface area contributed by atoms with E-state index < -0.39 is 26.0 Å². The minimum Gasteiger partial charge on any atom is -0.379 e. The van der Waals surface area contributed by atoms with E-state index in [1.807, 2.05) is 0 Å². The number of halogens is 2. The van der Waals surface area contributed by atoms with Gasteiger partial charge in [0, 0.05) is 23.8 Å². The molecule has 0 aromatic heterocycles. The summed E-state index contributed by atoms with van der Waals surface area (Å²) in [7, 11) is -7.74. The number of carbonyl (C=O) groups excluding carboxylic acids is 1. The number of nitrogens with zero attached hydrogens (tertiary/aromatic N) is 1. The molecule has 4 rings (SSSR count). The van der Waals surface area contributed by atoms with E-state index >= 15 is 0 Å². The highest BCUT2D eigenvalue weighted by Crippen LogP contribution is 2.26. The third-order valence-corrected chi connectivity index (χ3v) is 9.50. The maximum absolute atomic E-state index is 13.0. The zero-order chi connectivity index (χ0) is 26.8. The molecule has 1 saturated heterocycles. The van der Waals surface area contributed by atoms with Gasteiger partial charge >= 0.3 is 0 Å². The third kappa shape index (κ3) is 6.25. The Morgan fingerprint density at radius 2 is 1.54 bits per heavy atom. The highest BCUT2D eigenvalue weighted by Gasteiger charge is 2.27. The summed E-state index contributed by atoms with van der Waals surface area (Å²) >= 11 is 12.2. The highest BCUT2D eigenvalue weighted by molar-refractivity contribution is 7.92. The molecule has 1 heterocycles. The van der Waals surface area contributed by atoms with Crippen LogP contribution in [0.15, 0.2) is 70.5 Å². The van der Waals surface area contributed by atoms with Gasteiger partial charge in [-0.05, 0) is 67.1 Å². The number of nitrogens with one attached hydrogen (secondary N) is 2. The molecular formula is C24H23Cl2N3O6S2. The molecule has 3 aromatic carbocycles. The largest absolute Gasteiger partial charge is 0.379 e. The van der Waals surface area contributed by atoms with Gasteiger partial charge < -0.3 is 10.1 Å². The Balaban J connectivity index is 1.51. The van der Waals surface area contributed by atoms with Gasteiger partial charge in [0.1, 0.15) is 0 Å². The van der Waals surface area contributed by atoms with Crippen LogP contribution in [0.25, 0.3) is 0 Å². The van der Waals surface area contributed by atoms with Crippen molar-refractivity contribution >= 4 is 60.5 Å². The van der Waals surface area contributed by atoms with E-state index in [1.165, 1.54) is 52.8 Å². The van der Waals surface area contributed by atoms with Crippen LogP contribution in [0.2, 0.25) is 10.0 Å². The molecule has 2 N–H and O–H groups in total. The predicted molar refractivity (Wildman–Crippen MR) is 142 cm³/mol. The lowest BCUT2D eigenvalue weighted by Gasteiger charge is -2.26. The number of hydrogen-bond donors (Lipinski definition) is 2. The van der Waals surface area contributed by atoms with Gasteiger partial charge in [-0.15, -0.1) is 0 Å². The van der Waals surface area contributed by atoms with Crippen molar-refractivity contribution < 1.29 is 26.4 Å². The van der Waals surface area contributed by atoms with Gasteiger partial charge in [-0.1, -0.05) is 29.3 Å². The molecule has 1 aliphatic rings. The Morgan fingerprint density at radius 1 is 0.892 bits per heavy atom. The fourth-order valence-corrected chi connectivity index (χ4v) is 6.53. The van der Waals surface area contributed by atoms with Crippen LogP contribution in [0.5, 0.6) is 0 Å². The molecule has 0 aliphatic carbocycles. The summed E-state index contributed by atoms with van der Waals surface area (Å²) < 4.78 is 60.5. The lowest BCUT2D eigenvalue weighted by Crippen LogP contribution is -2.40. The molecule has 3 aromatic rings. The Labute approximate surface area is 225 Å². The van der Waals surface area contributed by atoms with Crippen molar-refractivity contribution in [3.05, 3.63) is 81.8 Å². The molecule has 1 amide bonds. The molecule has 9 nitrogen and oxygen atoms in total. The van der Waals surface area contributed by atoms with Crippen molar-refractivity contribution in [1.29, 1.82) is 0 Å². The number of carbonyl (C=O) groups is 1. The number of benzene rings is 3. The van der Waals surface area contributed by atoms with E-state index in [4.69, 9.17) is 27.9 Å². The maximum Gasteiger partial charge on any atom is 0.261 e. The maximum atomic E-state index is 13.0. The summed E-state index contributed by atoms with van der Waals surface area (Å²) in [6.07, 6.45) is 0. The fourth-order valence-electron chi connectivity index (χ4n) is 3.60. The molecular weight excluding hydrogens is 561 g/mol. The summed E-state index contributed by atoms with van der Waals surface area (Å²) in [5.74, 6) is -0.646. The Morgan fingerprint density at radius 3 is 2.22 bits per heavy atom. The molecule has 1 aliphatic heterocycles. The van der Waals surface area contributed by atoms with Crippen molar-refractivity contribution in [1.82, 2.24) is 4.31 Å². The average molecular weight is 585 g/mol. The summed E-state index contributed by atoms with van der Waals surface area (Å²) in [4.78, 5) is 12.8. The van der Waals surface area contributed by atoms with Gasteiger partial charge in [0.05, 0.1) is 39.3 Å². The minimum absolute atomic E-state index is 0.0264. The number of aryl methyl sites for hydroxylation is 1. The summed E-state index contributed by atoms with van der Waals surface area (Å²) in [6, 6.07) is 14.3. The Kier molecular flexibility index (Phi) is 8.12. The standard InChI is InChI=1S/C24H23Cl2N3O6S2/c1-16-2-3-17(25)14-23(16)28-36(31,32)19-6-4-18(5-7-19)27-24(30)21-15-20(8-9-22(21)26)37(33,34)29-10-12-35-13-11-29/h2-9,14-15,28H,10-13H2,1H3,(H,27,30). The van der Waals surface area contributed by atoms with Gasteiger partial charge in [-0.3, -0.25) is 9.52 Å². The number of amides is 1. The Bertz CT molecular complexity index is 1540. The van der Waals surface area contributed by atoms with Crippen molar-refractivity contribution in [2.24, 2.45) is 0 Å². The van der Waals surface area contributed by atoms with Crippen LogP contribution < -0.4 is 10.0 Å². The van der Waals surface area contributed by atoms with Crippen LogP contribution in [-0.4, -0.2) is 53.4 Å².